The standard InChI is InChI=1S/C22H25FN2O3/c1-15(2)22(26)25(13-16-5-4-6-18(23)11-16)14-20-12-21(24-28-20)17-7-9-19(27-3)10-8-17/h4-11,15,20H,12-14H2,1-3H3/t20-/m1/s1. The van der Waals surface area contributed by atoms with Crippen molar-refractivity contribution >= 4 is 11.6 Å². The summed E-state index contributed by atoms with van der Waals surface area (Å²) in [6.45, 7) is 4.45. The van der Waals surface area contributed by atoms with Crippen molar-refractivity contribution in [2.24, 2.45) is 11.1 Å². The summed E-state index contributed by atoms with van der Waals surface area (Å²) < 4.78 is 18.7. The number of rotatable bonds is 7. The van der Waals surface area contributed by atoms with Gasteiger partial charge in [0.2, 0.25) is 5.91 Å². The third-order valence-corrected chi connectivity index (χ3v) is 4.65. The second kappa shape index (κ2) is 8.87. The van der Waals surface area contributed by atoms with E-state index in [9.17, 15) is 9.18 Å². The smallest absolute Gasteiger partial charge is 0.225 e. The zero-order valence-corrected chi connectivity index (χ0v) is 16.4. The molecule has 2 aromatic rings. The lowest BCUT2D eigenvalue weighted by Crippen LogP contribution is -2.39. The number of hydrogen-bond acceptors (Lipinski definition) is 4. The Morgan fingerprint density at radius 1 is 1.29 bits per heavy atom. The normalized spacial score (nSPS) is 15.9. The Balaban J connectivity index is 1.67. The van der Waals surface area contributed by atoms with Crippen molar-refractivity contribution in [3.8, 4) is 5.75 Å². The molecule has 5 nitrogen and oxygen atoms in total. The number of oxime groups is 1. The van der Waals surface area contributed by atoms with Crippen molar-refractivity contribution in [3.05, 3.63) is 65.5 Å². The maximum Gasteiger partial charge on any atom is 0.225 e. The van der Waals surface area contributed by atoms with Gasteiger partial charge in [-0.3, -0.25) is 4.79 Å². The van der Waals surface area contributed by atoms with Crippen LogP contribution in [0, 0.1) is 11.7 Å². The lowest BCUT2D eigenvalue weighted by Gasteiger charge is -2.26. The van der Waals surface area contributed by atoms with Crippen LogP contribution in [-0.4, -0.2) is 36.3 Å². The fourth-order valence-corrected chi connectivity index (χ4v) is 3.18. The molecule has 0 saturated heterocycles. The molecule has 1 aliphatic rings. The number of methoxy groups -OCH3 is 1. The Morgan fingerprint density at radius 2 is 2.04 bits per heavy atom. The molecule has 3 rings (SSSR count). The molecule has 1 heterocycles. The molecule has 28 heavy (non-hydrogen) atoms. The first-order valence-corrected chi connectivity index (χ1v) is 9.36. The van der Waals surface area contributed by atoms with Crippen molar-refractivity contribution in [1.29, 1.82) is 0 Å². The first kappa shape index (κ1) is 19.9. The first-order valence-electron chi connectivity index (χ1n) is 9.36. The zero-order valence-electron chi connectivity index (χ0n) is 16.4. The lowest BCUT2D eigenvalue weighted by atomic mass is 10.0. The summed E-state index contributed by atoms with van der Waals surface area (Å²) in [6, 6.07) is 14.0. The summed E-state index contributed by atoms with van der Waals surface area (Å²) in [5.41, 5.74) is 2.56. The van der Waals surface area contributed by atoms with Gasteiger partial charge in [-0.15, -0.1) is 0 Å². The van der Waals surface area contributed by atoms with E-state index in [4.69, 9.17) is 9.57 Å². The molecular weight excluding hydrogens is 359 g/mol. The van der Waals surface area contributed by atoms with Gasteiger partial charge in [0.25, 0.3) is 0 Å². The van der Waals surface area contributed by atoms with Gasteiger partial charge in [0, 0.05) is 18.9 Å². The molecular formula is C22H25FN2O3. The van der Waals surface area contributed by atoms with E-state index in [1.165, 1.54) is 12.1 Å². The van der Waals surface area contributed by atoms with E-state index < -0.39 is 0 Å². The minimum Gasteiger partial charge on any atom is -0.497 e. The number of carbonyl (C=O) groups is 1. The van der Waals surface area contributed by atoms with E-state index in [2.05, 4.69) is 5.16 Å². The van der Waals surface area contributed by atoms with Crippen LogP contribution < -0.4 is 4.74 Å². The Morgan fingerprint density at radius 3 is 2.68 bits per heavy atom. The first-order chi connectivity index (χ1) is 13.5. The Hall–Kier alpha value is -2.89. The minimum absolute atomic E-state index is 0.00533. The van der Waals surface area contributed by atoms with Gasteiger partial charge in [-0.25, -0.2) is 4.39 Å². The topological polar surface area (TPSA) is 51.1 Å². The molecule has 6 heteroatoms. The highest BCUT2D eigenvalue weighted by molar-refractivity contribution is 6.01. The molecule has 0 aliphatic carbocycles. The number of ether oxygens (including phenoxy) is 1. The second-order valence-electron chi connectivity index (χ2n) is 7.20. The zero-order chi connectivity index (χ0) is 20.1. The summed E-state index contributed by atoms with van der Waals surface area (Å²) in [5, 5.41) is 4.20. The number of carbonyl (C=O) groups excluding carboxylic acids is 1. The van der Waals surface area contributed by atoms with Crippen molar-refractivity contribution in [2.45, 2.75) is 32.9 Å². The average Bonchev–Trinajstić information content (AvgIpc) is 3.15. The predicted molar refractivity (Wildman–Crippen MR) is 106 cm³/mol. The van der Waals surface area contributed by atoms with Crippen molar-refractivity contribution in [1.82, 2.24) is 4.90 Å². The van der Waals surface area contributed by atoms with Crippen LogP contribution in [0.4, 0.5) is 4.39 Å². The van der Waals surface area contributed by atoms with Gasteiger partial charge < -0.3 is 14.5 Å². The fraction of sp³-hybridized carbons (Fsp3) is 0.364. The van der Waals surface area contributed by atoms with Gasteiger partial charge in [-0.1, -0.05) is 31.1 Å². The van der Waals surface area contributed by atoms with E-state index in [1.54, 1.807) is 18.1 Å². The average molecular weight is 384 g/mol. The Kier molecular flexibility index (Phi) is 6.29. The number of halogens is 1. The maximum atomic E-state index is 13.5. The van der Waals surface area contributed by atoms with Crippen LogP contribution in [0.1, 0.15) is 31.4 Å². The van der Waals surface area contributed by atoms with E-state index in [1.807, 2.05) is 44.2 Å². The second-order valence-corrected chi connectivity index (χ2v) is 7.20. The van der Waals surface area contributed by atoms with Gasteiger partial charge in [-0.2, -0.15) is 0 Å². The number of benzene rings is 2. The monoisotopic (exact) mass is 384 g/mol. The molecule has 148 valence electrons. The molecule has 0 aromatic heterocycles. The number of nitrogens with zero attached hydrogens (tertiary/aromatic N) is 2. The Bertz CT molecular complexity index is 849. The quantitative estimate of drug-likeness (QED) is 0.725. The third-order valence-electron chi connectivity index (χ3n) is 4.65. The summed E-state index contributed by atoms with van der Waals surface area (Å²) in [5.74, 6) is 0.322. The van der Waals surface area contributed by atoms with Crippen LogP contribution >= 0.6 is 0 Å². The molecule has 0 spiro atoms. The van der Waals surface area contributed by atoms with Gasteiger partial charge >= 0.3 is 0 Å². The molecule has 0 N–H and O–H groups in total. The summed E-state index contributed by atoms with van der Waals surface area (Å²) >= 11 is 0. The molecule has 1 amide bonds. The number of hydrogen-bond donors (Lipinski definition) is 0. The fourth-order valence-electron chi connectivity index (χ4n) is 3.18. The molecule has 0 unspecified atom stereocenters. The molecule has 0 radical (unpaired) electrons. The van der Waals surface area contributed by atoms with E-state index in [-0.39, 0.29) is 23.7 Å². The van der Waals surface area contributed by atoms with E-state index in [0.29, 0.717) is 19.5 Å². The van der Waals surface area contributed by atoms with Crippen LogP contribution in [0.5, 0.6) is 5.75 Å². The van der Waals surface area contributed by atoms with E-state index >= 15 is 0 Å². The van der Waals surface area contributed by atoms with Crippen LogP contribution in [0.25, 0.3) is 0 Å². The van der Waals surface area contributed by atoms with E-state index in [0.717, 1.165) is 22.6 Å². The summed E-state index contributed by atoms with van der Waals surface area (Å²) in [6.07, 6.45) is 0.380. The highest BCUT2D eigenvalue weighted by Crippen LogP contribution is 2.21. The van der Waals surface area contributed by atoms with Gasteiger partial charge in [0.1, 0.15) is 11.6 Å². The minimum atomic E-state index is -0.309. The third kappa shape index (κ3) is 4.88. The predicted octanol–water partition coefficient (Wildman–Crippen LogP) is 4.01. The van der Waals surface area contributed by atoms with Crippen LogP contribution in [0.15, 0.2) is 53.7 Å². The van der Waals surface area contributed by atoms with Gasteiger partial charge in [0.15, 0.2) is 6.10 Å². The highest BCUT2D eigenvalue weighted by atomic mass is 19.1. The maximum absolute atomic E-state index is 13.5. The van der Waals surface area contributed by atoms with Crippen LogP contribution in [-0.2, 0) is 16.2 Å². The van der Waals surface area contributed by atoms with Gasteiger partial charge in [0.05, 0.1) is 19.4 Å². The summed E-state index contributed by atoms with van der Waals surface area (Å²) in [4.78, 5) is 20.0. The van der Waals surface area contributed by atoms with Crippen LogP contribution in [0.2, 0.25) is 0 Å². The van der Waals surface area contributed by atoms with Gasteiger partial charge in [-0.05, 0) is 47.5 Å². The molecule has 0 saturated carbocycles. The van der Waals surface area contributed by atoms with Crippen molar-refractivity contribution < 1.29 is 18.8 Å². The SMILES string of the molecule is COc1ccc(C2=NO[C@@H](CN(Cc3cccc(F)c3)C(=O)C(C)C)C2)cc1. The van der Waals surface area contributed by atoms with Crippen molar-refractivity contribution in [2.75, 3.05) is 13.7 Å². The van der Waals surface area contributed by atoms with Crippen LogP contribution in [0.3, 0.4) is 0 Å². The Labute approximate surface area is 164 Å². The van der Waals surface area contributed by atoms with Crippen molar-refractivity contribution in [3.63, 3.8) is 0 Å². The highest BCUT2D eigenvalue weighted by Gasteiger charge is 2.27. The largest absolute Gasteiger partial charge is 0.497 e. The molecule has 0 fully saturated rings. The molecule has 1 aliphatic heterocycles. The number of amides is 1. The molecule has 2 aromatic carbocycles. The molecule has 0 bridgehead atoms. The summed E-state index contributed by atoms with van der Waals surface area (Å²) in [7, 11) is 1.63. The molecule has 1 atom stereocenters. The lowest BCUT2D eigenvalue weighted by molar-refractivity contribution is -0.137.